The first kappa shape index (κ1) is 17.7. The molecule has 0 amide bonds. The molecule has 2 N–H and O–H groups in total. The predicted molar refractivity (Wildman–Crippen MR) is 77.9 cm³/mol. The van der Waals surface area contributed by atoms with Crippen LogP contribution < -0.4 is 10.5 Å². The Morgan fingerprint density at radius 1 is 1.26 bits per heavy atom. The molecule has 0 atom stereocenters. The number of benzene rings is 1. The van der Waals surface area contributed by atoms with E-state index in [9.17, 15) is 4.79 Å². The van der Waals surface area contributed by atoms with Crippen molar-refractivity contribution in [2.45, 2.75) is 26.2 Å². The van der Waals surface area contributed by atoms with Crippen molar-refractivity contribution in [1.82, 2.24) is 0 Å². The van der Waals surface area contributed by atoms with Crippen molar-refractivity contribution < 1.29 is 14.3 Å². The Morgan fingerprint density at radius 3 is 2.47 bits per heavy atom. The minimum absolute atomic E-state index is 0. The molecule has 1 rings (SSSR count). The maximum atomic E-state index is 11.3. The number of rotatable bonds is 5. The average molecular weight is 288 g/mol. The van der Waals surface area contributed by atoms with Gasteiger partial charge in [-0.1, -0.05) is 39.0 Å². The van der Waals surface area contributed by atoms with E-state index in [4.69, 9.17) is 15.2 Å². The Bertz CT molecular complexity index is 402. The van der Waals surface area contributed by atoms with Crippen LogP contribution >= 0.6 is 12.4 Å². The van der Waals surface area contributed by atoms with Crippen LogP contribution in [0, 0.1) is 0 Å². The van der Waals surface area contributed by atoms with Crippen LogP contribution in [0.2, 0.25) is 0 Å². The number of halogens is 1. The molecule has 0 bridgehead atoms. The van der Waals surface area contributed by atoms with E-state index in [-0.39, 0.29) is 31.0 Å². The molecule has 1 aromatic rings. The third kappa shape index (κ3) is 5.94. The van der Waals surface area contributed by atoms with E-state index < -0.39 is 5.97 Å². The van der Waals surface area contributed by atoms with Crippen LogP contribution in [0.4, 0.5) is 0 Å². The molecule has 5 heteroatoms. The maximum absolute atomic E-state index is 11.3. The highest BCUT2D eigenvalue weighted by Gasteiger charge is 2.18. The Balaban J connectivity index is 0.00000324. The van der Waals surface area contributed by atoms with Crippen molar-refractivity contribution in [2.75, 3.05) is 19.8 Å². The van der Waals surface area contributed by atoms with E-state index in [0.717, 1.165) is 11.3 Å². The van der Waals surface area contributed by atoms with Crippen molar-refractivity contribution in [3.05, 3.63) is 29.8 Å². The summed E-state index contributed by atoms with van der Waals surface area (Å²) < 4.78 is 10.4. The molecule has 0 saturated heterocycles. The van der Waals surface area contributed by atoms with Gasteiger partial charge in [0, 0.05) is 6.54 Å². The van der Waals surface area contributed by atoms with Gasteiger partial charge in [-0.2, -0.15) is 0 Å². The Labute approximate surface area is 120 Å². The summed E-state index contributed by atoms with van der Waals surface area (Å²) in [5.41, 5.74) is 6.28. The molecular formula is C14H22ClNO3. The van der Waals surface area contributed by atoms with Gasteiger partial charge in [-0.3, -0.25) is 0 Å². The van der Waals surface area contributed by atoms with Gasteiger partial charge in [0.2, 0.25) is 0 Å². The molecule has 4 nitrogen and oxygen atoms in total. The van der Waals surface area contributed by atoms with Gasteiger partial charge in [0.05, 0.1) is 0 Å². The number of para-hydroxylation sites is 1. The first-order chi connectivity index (χ1) is 8.45. The fourth-order valence-corrected chi connectivity index (χ4v) is 1.56. The minimum Gasteiger partial charge on any atom is -0.482 e. The molecule has 0 heterocycles. The predicted octanol–water partition coefficient (Wildman–Crippen LogP) is 2.29. The lowest BCUT2D eigenvalue weighted by Gasteiger charge is -2.22. The van der Waals surface area contributed by atoms with E-state index >= 15 is 0 Å². The lowest BCUT2D eigenvalue weighted by Crippen LogP contribution is -2.20. The molecule has 0 unspecified atom stereocenters. The summed E-state index contributed by atoms with van der Waals surface area (Å²) in [5, 5.41) is 0. The standard InChI is InChI=1S/C14H21NO3.ClH/c1-14(2,3)11-6-4-5-7-12(11)18-10-13(16)17-9-8-15;/h4-7H,8-10,15H2,1-3H3;1H. The summed E-state index contributed by atoms with van der Waals surface area (Å²) in [6.45, 7) is 6.76. The Kier molecular flexibility index (Phi) is 7.49. The number of hydrogen-bond donors (Lipinski definition) is 1. The fraction of sp³-hybridized carbons (Fsp3) is 0.500. The molecule has 0 saturated carbocycles. The number of hydrogen-bond acceptors (Lipinski definition) is 4. The zero-order valence-electron chi connectivity index (χ0n) is 11.6. The fourth-order valence-electron chi connectivity index (χ4n) is 1.56. The smallest absolute Gasteiger partial charge is 0.344 e. The van der Waals surface area contributed by atoms with Crippen molar-refractivity contribution in [2.24, 2.45) is 5.73 Å². The Hall–Kier alpha value is -1.26. The summed E-state index contributed by atoms with van der Waals surface area (Å²) >= 11 is 0. The van der Waals surface area contributed by atoms with E-state index in [1.165, 1.54) is 0 Å². The first-order valence-corrected chi connectivity index (χ1v) is 6.03. The third-order valence-corrected chi connectivity index (χ3v) is 2.42. The van der Waals surface area contributed by atoms with Gasteiger partial charge in [-0.15, -0.1) is 12.4 Å². The summed E-state index contributed by atoms with van der Waals surface area (Å²) in [6, 6.07) is 7.70. The monoisotopic (exact) mass is 287 g/mol. The zero-order chi connectivity index (χ0) is 13.6. The van der Waals surface area contributed by atoms with Crippen molar-refractivity contribution >= 4 is 18.4 Å². The molecule has 0 aromatic heterocycles. The largest absolute Gasteiger partial charge is 0.482 e. The van der Waals surface area contributed by atoms with Gasteiger partial charge in [-0.05, 0) is 17.0 Å². The SMILES string of the molecule is CC(C)(C)c1ccccc1OCC(=O)OCCN.Cl. The van der Waals surface area contributed by atoms with Gasteiger partial charge < -0.3 is 15.2 Å². The molecular weight excluding hydrogens is 266 g/mol. The van der Waals surface area contributed by atoms with Gasteiger partial charge in [0.15, 0.2) is 6.61 Å². The van der Waals surface area contributed by atoms with Crippen LogP contribution in [0.3, 0.4) is 0 Å². The highest BCUT2D eigenvalue weighted by molar-refractivity contribution is 5.85. The highest BCUT2D eigenvalue weighted by Crippen LogP contribution is 2.30. The average Bonchev–Trinajstić information content (AvgIpc) is 2.33. The second-order valence-corrected chi connectivity index (χ2v) is 5.04. The topological polar surface area (TPSA) is 61.5 Å². The molecule has 0 aliphatic rings. The number of carbonyl (C=O) groups excluding carboxylic acids is 1. The molecule has 0 radical (unpaired) electrons. The van der Waals surface area contributed by atoms with Gasteiger partial charge in [0.1, 0.15) is 12.4 Å². The summed E-state index contributed by atoms with van der Waals surface area (Å²) in [5.74, 6) is 0.318. The summed E-state index contributed by atoms with van der Waals surface area (Å²) in [6.07, 6.45) is 0. The second kappa shape index (κ2) is 8.02. The zero-order valence-corrected chi connectivity index (χ0v) is 12.5. The molecule has 0 aliphatic heterocycles. The number of esters is 1. The molecule has 0 fully saturated rings. The normalized spacial score (nSPS) is 10.5. The van der Waals surface area contributed by atoms with E-state index in [2.05, 4.69) is 20.8 Å². The quantitative estimate of drug-likeness (QED) is 0.844. The number of carbonyl (C=O) groups is 1. The maximum Gasteiger partial charge on any atom is 0.344 e. The number of ether oxygens (including phenoxy) is 2. The van der Waals surface area contributed by atoms with Crippen LogP contribution in [0.5, 0.6) is 5.75 Å². The molecule has 19 heavy (non-hydrogen) atoms. The summed E-state index contributed by atoms with van der Waals surface area (Å²) in [7, 11) is 0. The summed E-state index contributed by atoms with van der Waals surface area (Å²) in [4.78, 5) is 11.3. The van der Waals surface area contributed by atoms with Crippen LogP contribution in [0.1, 0.15) is 26.3 Å². The van der Waals surface area contributed by atoms with Crippen molar-refractivity contribution in [3.8, 4) is 5.75 Å². The first-order valence-electron chi connectivity index (χ1n) is 6.03. The molecule has 0 aliphatic carbocycles. The van der Waals surface area contributed by atoms with Crippen LogP contribution in [0.25, 0.3) is 0 Å². The van der Waals surface area contributed by atoms with Crippen LogP contribution in [-0.2, 0) is 14.9 Å². The number of nitrogens with two attached hydrogens (primary N) is 1. The lowest BCUT2D eigenvalue weighted by molar-refractivity contribution is -0.145. The van der Waals surface area contributed by atoms with Gasteiger partial charge >= 0.3 is 5.97 Å². The van der Waals surface area contributed by atoms with Gasteiger partial charge in [0.25, 0.3) is 0 Å². The minimum atomic E-state index is -0.399. The molecule has 0 spiro atoms. The molecule has 1 aromatic carbocycles. The Morgan fingerprint density at radius 2 is 1.89 bits per heavy atom. The van der Waals surface area contributed by atoms with Gasteiger partial charge in [-0.25, -0.2) is 4.79 Å². The van der Waals surface area contributed by atoms with E-state index in [1.807, 2.05) is 24.3 Å². The van der Waals surface area contributed by atoms with Crippen molar-refractivity contribution in [1.29, 1.82) is 0 Å². The lowest BCUT2D eigenvalue weighted by atomic mass is 9.86. The van der Waals surface area contributed by atoms with E-state index in [0.29, 0.717) is 6.54 Å². The second-order valence-electron chi connectivity index (χ2n) is 5.04. The van der Waals surface area contributed by atoms with Crippen LogP contribution in [-0.4, -0.2) is 25.7 Å². The third-order valence-electron chi connectivity index (χ3n) is 2.42. The molecule has 108 valence electrons. The van der Waals surface area contributed by atoms with Crippen molar-refractivity contribution in [3.63, 3.8) is 0 Å². The highest BCUT2D eigenvalue weighted by atomic mass is 35.5. The van der Waals surface area contributed by atoms with Crippen LogP contribution in [0.15, 0.2) is 24.3 Å². The van der Waals surface area contributed by atoms with E-state index in [1.54, 1.807) is 0 Å².